The lowest BCUT2D eigenvalue weighted by atomic mass is 9.77. The van der Waals surface area contributed by atoms with Crippen molar-refractivity contribution >= 4 is 23.7 Å². The molecular weight excluding hydrogens is 538 g/mol. The van der Waals surface area contributed by atoms with Crippen LogP contribution in [-0.4, -0.2) is 94.2 Å². The van der Waals surface area contributed by atoms with Crippen LogP contribution in [0.3, 0.4) is 0 Å². The molecule has 0 unspecified atom stereocenters. The van der Waals surface area contributed by atoms with Gasteiger partial charge in [-0.1, -0.05) is 45.1 Å². The number of cyclic esters (lactones) is 1. The van der Waals surface area contributed by atoms with Crippen LogP contribution < -0.4 is 5.32 Å². The number of aliphatic hydroxyl groups excluding tert-OH is 1. The van der Waals surface area contributed by atoms with Crippen molar-refractivity contribution in [1.82, 2.24) is 15.1 Å². The molecule has 6 atom stereocenters. The summed E-state index contributed by atoms with van der Waals surface area (Å²) in [4.78, 5) is 58.4. The second kappa shape index (κ2) is 12.5. The van der Waals surface area contributed by atoms with Gasteiger partial charge in [0.15, 0.2) is 0 Å². The van der Waals surface area contributed by atoms with Crippen LogP contribution in [0, 0.1) is 17.3 Å². The number of hydrogen-bond acceptors (Lipinski definition) is 7. The Kier molecular flexibility index (Phi) is 9.57. The van der Waals surface area contributed by atoms with E-state index in [-0.39, 0.29) is 42.7 Å². The fraction of sp³-hybridized carbons (Fsp3) is 0.750. The van der Waals surface area contributed by atoms with E-state index in [1.54, 1.807) is 24.0 Å². The van der Waals surface area contributed by atoms with Gasteiger partial charge in [-0.2, -0.15) is 0 Å². The third-order valence-electron chi connectivity index (χ3n) is 8.78. The second-order valence-electron chi connectivity index (χ2n) is 14.1. The number of aliphatic hydroxyl groups is 1. The summed E-state index contributed by atoms with van der Waals surface area (Å²) in [6.45, 7) is 13.2. The molecule has 4 heterocycles. The van der Waals surface area contributed by atoms with Crippen molar-refractivity contribution in [1.29, 1.82) is 0 Å². The van der Waals surface area contributed by atoms with E-state index in [4.69, 9.17) is 9.47 Å². The van der Waals surface area contributed by atoms with Gasteiger partial charge < -0.3 is 29.7 Å². The van der Waals surface area contributed by atoms with Crippen molar-refractivity contribution in [2.24, 2.45) is 17.3 Å². The quantitative estimate of drug-likeness (QED) is 0.267. The van der Waals surface area contributed by atoms with Gasteiger partial charge in [0.05, 0.1) is 18.6 Å². The van der Waals surface area contributed by atoms with Gasteiger partial charge >= 0.3 is 5.97 Å². The molecule has 0 aromatic heterocycles. The van der Waals surface area contributed by atoms with Gasteiger partial charge in [0, 0.05) is 31.7 Å². The van der Waals surface area contributed by atoms with E-state index < -0.39 is 47.2 Å². The Morgan fingerprint density at radius 2 is 1.79 bits per heavy atom. The third kappa shape index (κ3) is 6.44. The highest BCUT2D eigenvalue weighted by molar-refractivity contribution is 5.99. The summed E-state index contributed by atoms with van der Waals surface area (Å²) in [6, 6.07) is -0.938. The van der Waals surface area contributed by atoms with Gasteiger partial charge in [0.25, 0.3) is 0 Å². The van der Waals surface area contributed by atoms with E-state index in [2.05, 4.69) is 39.9 Å². The molecular formula is C32H49N3O7. The van der Waals surface area contributed by atoms with Crippen LogP contribution >= 0.6 is 0 Å². The van der Waals surface area contributed by atoms with E-state index in [1.165, 1.54) is 0 Å². The first-order valence-corrected chi connectivity index (χ1v) is 15.4. The molecule has 234 valence electrons. The number of rotatable bonds is 7. The molecule has 2 saturated heterocycles. The first-order chi connectivity index (χ1) is 19.7. The minimum absolute atomic E-state index is 0.0409. The highest BCUT2D eigenvalue weighted by atomic mass is 16.6. The van der Waals surface area contributed by atoms with Crippen LogP contribution in [0.25, 0.3) is 0 Å². The second-order valence-corrected chi connectivity index (χ2v) is 14.1. The number of carbonyl (C=O) groups is 4. The van der Waals surface area contributed by atoms with Crippen LogP contribution in [-0.2, 0) is 28.7 Å². The molecule has 2 fully saturated rings. The molecule has 0 bridgehead atoms. The summed E-state index contributed by atoms with van der Waals surface area (Å²) < 4.78 is 12.5. The maximum Gasteiger partial charge on any atom is 0.313 e. The molecule has 10 nitrogen and oxygen atoms in total. The number of allylic oxidation sites excluding steroid dienone is 1. The molecule has 0 aromatic rings. The molecule has 4 rings (SSSR count). The number of unbranched alkanes of at least 4 members (excludes halogenated alkanes) is 2. The number of esters is 1. The summed E-state index contributed by atoms with van der Waals surface area (Å²) in [5, 5.41) is 12.1. The Morgan fingerprint density at radius 1 is 1.05 bits per heavy atom. The number of nitrogens with one attached hydrogen (secondary N) is 1. The monoisotopic (exact) mass is 587 g/mol. The van der Waals surface area contributed by atoms with Gasteiger partial charge in [-0.3, -0.25) is 19.2 Å². The van der Waals surface area contributed by atoms with E-state index in [0.29, 0.717) is 38.8 Å². The van der Waals surface area contributed by atoms with Crippen molar-refractivity contribution in [2.45, 2.75) is 109 Å². The fourth-order valence-corrected chi connectivity index (χ4v) is 7.41. The number of carbonyl (C=O) groups excluding carboxylic acids is 4. The average Bonchev–Trinajstić information content (AvgIpc) is 3.26. The standard InChI is InChI=1S/C32H49N3O7/c1-21-19-33-23(37)14-9-8-13-22-24(29(40)41-21)25-27(38)34(16-10-7-11-18-36)26-28(39)35(17-12-15-32(25,26)42-22)31(5,6)20-30(2,3)4/h8,12-13,15,21-22,24-26,36H,7,9-11,14,16-20H2,1-6H3,(H,33,37)/b13-8-/t21-,22-,24+,25+,26-,32+/m1/s1. The SMILES string of the molecule is C[C@@H]1CNC(=O)CC/C=C\[C@H]2O[C@]34C=CCN(C(C)(C)CC(C)(C)C)C(=O)[C@H]3N(CCCCCO)C(=O)[C@@H]4[C@H]2C(=O)O1. The van der Waals surface area contributed by atoms with Gasteiger partial charge in [0.1, 0.15) is 23.7 Å². The Balaban J connectivity index is 1.77. The first kappa shape index (κ1) is 32.2. The van der Waals surface area contributed by atoms with E-state index in [0.717, 1.165) is 6.42 Å². The fourth-order valence-electron chi connectivity index (χ4n) is 7.41. The van der Waals surface area contributed by atoms with Gasteiger partial charge in [-0.05, 0) is 58.3 Å². The zero-order valence-corrected chi connectivity index (χ0v) is 26.1. The predicted octanol–water partition coefficient (Wildman–Crippen LogP) is 2.74. The minimum atomic E-state index is -1.34. The number of fused-ring (bicyclic) bond motifs is 2. The Bertz CT molecular complexity index is 1110. The molecule has 0 radical (unpaired) electrons. The van der Waals surface area contributed by atoms with Crippen molar-refractivity contribution in [3.05, 3.63) is 24.3 Å². The minimum Gasteiger partial charge on any atom is -0.460 e. The molecule has 4 aliphatic rings. The van der Waals surface area contributed by atoms with E-state index in [9.17, 15) is 24.3 Å². The van der Waals surface area contributed by atoms with Crippen LogP contribution in [0.5, 0.6) is 0 Å². The molecule has 2 N–H and O–H groups in total. The first-order valence-electron chi connectivity index (χ1n) is 15.4. The lowest BCUT2D eigenvalue weighted by molar-refractivity contribution is -0.159. The molecule has 4 aliphatic heterocycles. The summed E-state index contributed by atoms with van der Waals surface area (Å²) in [5.74, 6) is -3.06. The number of ether oxygens (including phenoxy) is 2. The number of likely N-dealkylation sites (tertiary alicyclic amines) is 1. The summed E-state index contributed by atoms with van der Waals surface area (Å²) in [5.41, 5.74) is -1.88. The third-order valence-corrected chi connectivity index (χ3v) is 8.78. The zero-order chi connectivity index (χ0) is 30.9. The van der Waals surface area contributed by atoms with Crippen LogP contribution in [0.1, 0.15) is 80.1 Å². The Labute approximate surface area is 249 Å². The lowest BCUT2D eigenvalue weighted by Crippen LogP contribution is -2.59. The maximum absolute atomic E-state index is 14.6. The summed E-state index contributed by atoms with van der Waals surface area (Å²) >= 11 is 0. The van der Waals surface area contributed by atoms with Crippen LogP contribution in [0.2, 0.25) is 0 Å². The normalized spacial score (nSPS) is 33.2. The highest BCUT2D eigenvalue weighted by Crippen LogP contribution is 2.53. The summed E-state index contributed by atoms with van der Waals surface area (Å²) in [6.07, 6.45) is 9.34. The molecule has 10 heteroatoms. The maximum atomic E-state index is 14.6. The Morgan fingerprint density at radius 3 is 2.48 bits per heavy atom. The number of nitrogens with zero attached hydrogens (tertiary/aromatic N) is 2. The van der Waals surface area contributed by atoms with Crippen molar-refractivity contribution < 1.29 is 33.8 Å². The zero-order valence-electron chi connectivity index (χ0n) is 26.1. The molecule has 0 saturated carbocycles. The topological polar surface area (TPSA) is 125 Å². The highest BCUT2D eigenvalue weighted by Gasteiger charge is 2.72. The summed E-state index contributed by atoms with van der Waals surface area (Å²) in [7, 11) is 0. The van der Waals surface area contributed by atoms with Gasteiger partial charge in [-0.15, -0.1) is 0 Å². The predicted molar refractivity (Wildman–Crippen MR) is 157 cm³/mol. The average molecular weight is 588 g/mol. The smallest absolute Gasteiger partial charge is 0.313 e. The van der Waals surface area contributed by atoms with Gasteiger partial charge in [-0.25, -0.2) is 0 Å². The number of hydrogen-bond donors (Lipinski definition) is 2. The van der Waals surface area contributed by atoms with E-state index >= 15 is 0 Å². The molecule has 42 heavy (non-hydrogen) atoms. The van der Waals surface area contributed by atoms with E-state index in [1.807, 2.05) is 17.1 Å². The molecule has 0 aliphatic carbocycles. The van der Waals surface area contributed by atoms with Crippen molar-refractivity contribution in [3.63, 3.8) is 0 Å². The molecule has 3 amide bonds. The van der Waals surface area contributed by atoms with Crippen LogP contribution in [0.15, 0.2) is 24.3 Å². The molecule has 0 aromatic carbocycles. The van der Waals surface area contributed by atoms with Crippen molar-refractivity contribution in [2.75, 3.05) is 26.2 Å². The Hall–Kier alpha value is -2.72. The van der Waals surface area contributed by atoms with Crippen LogP contribution in [0.4, 0.5) is 0 Å². The largest absolute Gasteiger partial charge is 0.460 e. The molecule has 1 spiro atoms. The lowest BCUT2D eigenvalue weighted by Gasteiger charge is -2.44. The number of amides is 3. The van der Waals surface area contributed by atoms with Gasteiger partial charge in [0.2, 0.25) is 17.7 Å². The van der Waals surface area contributed by atoms with Crippen molar-refractivity contribution in [3.8, 4) is 0 Å².